The fourth-order valence-electron chi connectivity index (χ4n) is 2.24. The second-order valence-electron chi connectivity index (χ2n) is 4.87. The number of aryl methyl sites for hydroxylation is 2. The van der Waals surface area contributed by atoms with Crippen molar-refractivity contribution in [2.45, 2.75) is 20.4 Å². The summed E-state index contributed by atoms with van der Waals surface area (Å²) < 4.78 is 1.23. The number of carbonyl (C=O) groups excluding carboxylic acids is 1. The quantitative estimate of drug-likeness (QED) is 0.692. The Labute approximate surface area is 126 Å². The molecule has 0 unspecified atom stereocenters. The van der Waals surface area contributed by atoms with Crippen LogP contribution in [0.1, 0.15) is 17.0 Å². The van der Waals surface area contributed by atoms with E-state index in [0.717, 1.165) is 22.6 Å². The lowest BCUT2D eigenvalue weighted by Gasteiger charge is -2.07. The zero-order valence-corrected chi connectivity index (χ0v) is 12.7. The van der Waals surface area contributed by atoms with E-state index < -0.39 is 0 Å². The molecule has 2 amide bonds. The molecule has 2 aromatic heterocycles. The highest BCUT2D eigenvalue weighted by molar-refractivity contribution is 7.17. The number of hydrogen-bond donors (Lipinski definition) is 3. The Morgan fingerprint density at radius 2 is 2.14 bits per heavy atom. The highest BCUT2D eigenvalue weighted by Gasteiger charge is 2.10. The molecule has 3 N–H and O–H groups in total. The van der Waals surface area contributed by atoms with Gasteiger partial charge in [0.15, 0.2) is 0 Å². The summed E-state index contributed by atoms with van der Waals surface area (Å²) >= 11 is 1.69. The molecule has 0 spiro atoms. The van der Waals surface area contributed by atoms with Crippen molar-refractivity contribution in [3.05, 3.63) is 46.6 Å². The summed E-state index contributed by atoms with van der Waals surface area (Å²) in [6.07, 6.45) is 0. The lowest BCUT2D eigenvalue weighted by Crippen LogP contribution is -2.28. The van der Waals surface area contributed by atoms with Crippen LogP contribution < -0.4 is 10.6 Å². The van der Waals surface area contributed by atoms with Crippen LogP contribution in [-0.4, -0.2) is 16.2 Å². The minimum atomic E-state index is -0.224. The number of nitrogens with zero attached hydrogens (tertiary/aromatic N) is 1. The first-order chi connectivity index (χ1) is 10.1. The Kier molecular flexibility index (Phi) is 3.62. The second kappa shape index (κ2) is 5.57. The number of urea groups is 1. The summed E-state index contributed by atoms with van der Waals surface area (Å²) in [6.45, 7) is 4.24. The number of amides is 2. The molecule has 5 nitrogen and oxygen atoms in total. The van der Waals surface area contributed by atoms with Gasteiger partial charge in [0.1, 0.15) is 0 Å². The van der Waals surface area contributed by atoms with Gasteiger partial charge in [0.05, 0.1) is 17.1 Å². The van der Waals surface area contributed by atoms with Crippen LogP contribution in [0.3, 0.4) is 0 Å². The molecule has 0 saturated heterocycles. The molecular weight excluding hydrogens is 284 g/mol. The molecular formula is C15H16N4OS. The summed E-state index contributed by atoms with van der Waals surface area (Å²) in [4.78, 5) is 12.0. The Balaban J connectivity index is 1.66. The van der Waals surface area contributed by atoms with Gasteiger partial charge in [-0.15, -0.1) is 11.3 Å². The first-order valence-electron chi connectivity index (χ1n) is 6.66. The third-order valence-electron chi connectivity index (χ3n) is 3.37. The maximum atomic E-state index is 12.0. The molecule has 0 saturated carbocycles. The SMILES string of the molecule is Cc1n[nH]c(C)c1NC(=O)NCc1csc2ccccc12. The fraction of sp³-hybridized carbons (Fsp3) is 0.200. The van der Waals surface area contributed by atoms with Crippen LogP contribution in [0.15, 0.2) is 29.6 Å². The molecule has 0 atom stereocenters. The number of aromatic nitrogens is 2. The highest BCUT2D eigenvalue weighted by Crippen LogP contribution is 2.25. The average molecular weight is 300 g/mol. The maximum Gasteiger partial charge on any atom is 0.319 e. The topological polar surface area (TPSA) is 69.8 Å². The zero-order valence-electron chi connectivity index (χ0n) is 11.9. The third-order valence-corrected chi connectivity index (χ3v) is 4.38. The minimum Gasteiger partial charge on any atom is -0.334 e. The normalized spacial score (nSPS) is 10.8. The molecule has 3 aromatic rings. The lowest BCUT2D eigenvalue weighted by atomic mass is 10.2. The second-order valence-corrected chi connectivity index (χ2v) is 5.79. The van der Waals surface area contributed by atoms with E-state index >= 15 is 0 Å². The van der Waals surface area contributed by atoms with Gasteiger partial charge in [-0.05, 0) is 36.2 Å². The van der Waals surface area contributed by atoms with Gasteiger partial charge in [-0.2, -0.15) is 5.10 Å². The van der Waals surface area contributed by atoms with E-state index in [2.05, 4.69) is 38.3 Å². The third kappa shape index (κ3) is 2.75. The van der Waals surface area contributed by atoms with Gasteiger partial charge in [0.2, 0.25) is 0 Å². The molecule has 0 aliphatic carbocycles. The van der Waals surface area contributed by atoms with Crippen LogP contribution in [0.5, 0.6) is 0 Å². The van der Waals surface area contributed by atoms with Crippen LogP contribution in [0.4, 0.5) is 10.5 Å². The number of benzene rings is 1. The van der Waals surface area contributed by atoms with Crippen LogP contribution in [-0.2, 0) is 6.54 Å². The predicted molar refractivity (Wildman–Crippen MR) is 85.7 cm³/mol. The van der Waals surface area contributed by atoms with Crippen LogP contribution in [0.2, 0.25) is 0 Å². The summed E-state index contributed by atoms with van der Waals surface area (Å²) in [6, 6.07) is 7.97. The molecule has 21 heavy (non-hydrogen) atoms. The molecule has 0 aliphatic rings. The molecule has 1 aromatic carbocycles. The highest BCUT2D eigenvalue weighted by atomic mass is 32.1. The maximum absolute atomic E-state index is 12.0. The van der Waals surface area contributed by atoms with Gasteiger partial charge in [-0.1, -0.05) is 18.2 Å². The van der Waals surface area contributed by atoms with E-state index in [0.29, 0.717) is 6.54 Å². The van der Waals surface area contributed by atoms with E-state index in [1.165, 1.54) is 10.1 Å². The Morgan fingerprint density at radius 3 is 2.90 bits per heavy atom. The molecule has 0 fully saturated rings. The predicted octanol–water partition coefficient (Wildman–Crippen LogP) is 3.56. The van der Waals surface area contributed by atoms with Crippen LogP contribution >= 0.6 is 11.3 Å². The number of nitrogens with one attached hydrogen (secondary N) is 3. The van der Waals surface area contributed by atoms with Gasteiger partial charge in [-0.3, -0.25) is 5.10 Å². The van der Waals surface area contributed by atoms with Gasteiger partial charge in [0, 0.05) is 11.2 Å². The average Bonchev–Trinajstić information content (AvgIpc) is 3.03. The van der Waals surface area contributed by atoms with Crippen LogP contribution in [0, 0.1) is 13.8 Å². The van der Waals surface area contributed by atoms with Gasteiger partial charge in [-0.25, -0.2) is 4.79 Å². The van der Waals surface area contributed by atoms with Crippen molar-refractivity contribution >= 4 is 33.1 Å². The molecule has 0 aliphatic heterocycles. The van der Waals surface area contributed by atoms with Crippen molar-refractivity contribution in [2.24, 2.45) is 0 Å². The number of aromatic amines is 1. The van der Waals surface area contributed by atoms with Crippen molar-refractivity contribution in [1.82, 2.24) is 15.5 Å². The Hall–Kier alpha value is -2.34. The van der Waals surface area contributed by atoms with E-state index in [4.69, 9.17) is 0 Å². The summed E-state index contributed by atoms with van der Waals surface area (Å²) in [5, 5.41) is 15.9. The van der Waals surface area contributed by atoms with Crippen molar-refractivity contribution in [1.29, 1.82) is 0 Å². The first kappa shape index (κ1) is 13.6. The van der Waals surface area contributed by atoms with Crippen molar-refractivity contribution < 1.29 is 4.79 Å². The summed E-state index contributed by atoms with van der Waals surface area (Å²) in [7, 11) is 0. The monoisotopic (exact) mass is 300 g/mol. The number of H-pyrrole nitrogens is 1. The van der Waals surface area contributed by atoms with E-state index in [-0.39, 0.29) is 6.03 Å². The Bertz CT molecular complexity index is 770. The number of thiophene rings is 1. The van der Waals surface area contributed by atoms with Crippen molar-refractivity contribution in [3.63, 3.8) is 0 Å². The van der Waals surface area contributed by atoms with Crippen molar-refractivity contribution in [2.75, 3.05) is 5.32 Å². The number of anilines is 1. The largest absolute Gasteiger partial charge is 0.334 e. The summed E-state index contributed by atoms with van der Waals surface area (Å²) in [5.74, 6) is 0. The molecule has 0 radical (unpaired) electrons. The van der Waals surface area contributed by atoms with Gasteiger partial charge < -0.3 is 10.6 Å². The lowest BCUT2D eigenvalue weighted by molar-refractivity contribution is 0.252. The number of carbonyl (C=O) groups is 1. The standard InChI is InChI=1S/C15H16N4OS/c1-9-14(10(2)19-18-9)17-15(20)16-7-11-8-21-13-6-4-3-5-12(11)13/h3-6,8H,7H2,1-2H3,(H,18,19)(H2,16,17,20). The number of fused-ring (bicyclic) bond motifs is 1. The zero-order chi connectivity index (χ0) is 14.8. The first-order valence-corrected chi connectivity index (χ1v) is 7.54. The minimum absolute atomic E-state index is 0.224. The van der Waals surface area contributed by atoms with Crippen LogP contribution in [0.25, 0.3) is 10.1 Å². The van der Waals surface area contributed by atoms with Gasteiger partial charge in [0.25, 0.3) is 0 Å². The molecule has 108 valence electrons. The van der Waals surface area contributed by atoms with Gasteiger partial charge >= 0.3 is 6.03 Å². The fourth-order valence-corrected chi connectivity index (χ4v) is 3.20. The number of rotatable bonds is 3. The molecule has 6 heteroatoms. The van der Waals surface area contributed by atoms with E-state index in [1.54, 1.807) is 11.3 Å². The molecule has 2 heterocycles. The smallest absolute Gasteiger partial charge is 0.319 e. The van der Waals surface area contributed by atoms with Crippen molar-refractivity contribution in [3.8, 4) is 0 Å². The van der Waals surface area contributed by atoms with E-state index in [9.17, 15) is 4.79 Å². The van der Waals surface area contributed by atoms with E-state index in [1.807, 2.05) is 26.0 Å². The Morgan fingerprint density at radius 1 is 1.33 bits per heavy atom. The summed E-state index contributed by atoms with van der Waals surface area (Å²) in [5.41, 5.74) is 3.50. The number of hydrogen-bond acceptors (Lipinski definition) is 3. The molecule has 0 bridgehead atoms. The molecule has 3 rings (SSSR count).